The number of thiazole rings is 1. The van der Waals surface area contributed by atoms with Crippen molar-refractivity contribution in [2.45, 2.75) is 20.8 Å². The number of benzene rings is 2. The fourth-order valence-electron chi connectivity index (χ4n) is 2.77. The number of anilines is 1. The third-order valence-electron chi connectivity index (χ3n) is 3.84. The van der Waals surface area contributed by atoms with Crippen LogP contribution in [-0.2, 0) is 4.79 Å². The normalized spacial score (nSPS) is 10.6. The smallest absolute Gasteiger partial charge is 0.264 e. The number of hydrogen-bond acceptors (Lipinski definition) is 4. The van der Waals surface area contributed by atoms with Gasteiger partial charge in [0.15, 0.2) is 11.7 Å². The molecule has 26 heavy (non-hydrogen) atoms. The molecule has 0 aliphatic carbocycles. The molecule has 0 radical (unpaired) electrons. The van der Waals surface area contributed by atoms with Gasteiger partial charge in [-0.2, -0.15) is 0 Å². The summed E-state index contributed by atoms with van der Waals surface area (Å²) in [5, 5.41) is 5.90. The van der Waals surface area contributed by atoms with E-state index in [1.54, 1.807) is 0 Å². The maximum atomic E-state index is 12.2. The van der Waals surface area contributed by atoms with Gasteiger partial charge in [0, 0.05) is 16.0 Å². The van der Waals surface area contributed by atoms with Gasteiger partial charge in [-0.25, -0.2) is 4.98 Å². The van der Waals surface area contributed by atoms with Crippen LogP contribution in [-0.4, -0.2) is 17.5 Å². The van der Waals surface area contributed by atoms with Gasteiger partial charge in [-0.1, -0.05) is 41.4 Å². The Bertz CT molecular complexity index is 912. The van der Waals surface area contributed by atoms with E-state index < -0.39 is 0 Å². The lowest BCUT2D eigenvalue weighted by Crippen LogP contribution is -2.20. The third-order valence-corrected chi connectivity index (χ3v) is 4.85. The summed E-state index contributed by atoms with van der Waals surface area (Å²) in [5.41, 5.74) is 4.97. The second-order valence-corrected chi connectivity index (χ2v) is 7.40. The van der Waals surface area contributed by atoms with E-state index in [-0.39, 0.29) is 12.5 Å². The first-order valence-corrected chi connectivity index (χ1v) is 9.40. The van der Waals surface area contributed by atoms with Crippen molar-refractivity contribution in [1.29, 1.82) is 0 Å². The van der Waals surface area contributed by atoms with Crippen molar-refractivity contribution in [3.63, 3.8) is 0 Å². The highest BCUT2D eigenvalue weighted by Crippen LogP contribution is 2.27. The van der Waals surface area contributed by atoms with Crippen molar-refractivity contribution in [2.75, 3.05) is 11.9 Å². The summed E-state index contributed by atoms with van der Waals surface area (Å²) < 4.78 is 5.71. The Morgan fingerprint density at radius 1 is 1.15 bits per heavy atom. The molecule has 0 unspecified atom stereocenters. The molecule has 0 atom stereocenters. The second-order valence-electron chi connectivity index (χ2n) is 6.11. The summed E-state index contributed by atoms with van der Waals surface area (Å²) in [5.74, 6) is 0.521. The van der Waals surface area contributed by atoms with Gasteiger partial charge in [0.1, 0.15) is 5.75 Å². The van der Waals surface area contributed by atoms with Crippen molar-refractivity contribution in [3.05, 3.63) is 63.5 Å². The fourth-order valence-corrected chi connectivity index (χ4v) is 3.63. The van der Waals surface area contributed by atoms with Crippen molar-refractivity contribution in [3.8, 4) is 17.0 Å². The van der Waals surface area contributed by atoms with Crippen molar-refractivity contribution >= 4 is 34.0 Å². The first-order valence-electron chi connectivity index (χ1n) is 8.14. The number of amides is 1. The molecular weight excluding hydrogens is 368 g/mol. The highest BCUT2D eigenvalue weighted by Gasteiger charge is 2.11. The standard InChI is InChI=1S/C20H19ClN2O2S/c1-12-8-13(2)19(14(3)9-12)25-10-18(24)23-20-22-17(11-26-20)15-4-6-16(21)7-5-15/h4-9,11H,10H2,1-3H3,(H,22,23,24). The van der Waals surface area contributed by atoms with E-state index in [4.69, 9.17) is 16.3 Å². The number of aryl methyl sites for hydroxylation is 3. The lowest BCUT2D eigenvalue weighted by Gasteiger charge is -2.12. The van der Waals surface area contributed by atoms with Gasteiger partial charge < -0.3 is 4.74 Å². The molecule has 3 rings (SSSR count). The van der Waals surface area contributed by atoms with Crippen LogP contribution in [0, 0.1) is 20.8 Å². The Kier molecular flexibility index (Phi) is 5.59. The molecule has 1 N–H and O–H groups in total. The Morgan fingerprint density at radius 3 is 2.46 bits per heavy atom. The molecule has 4 nitrogen and oxygen atoms in total. The molecule has 0 aliphatic heterocycles. The molecule has 0 saturated heterocycles. The predicted octanol–water partition coefficient (Wildman–Crippen LogP) is 5.41. The molecule has 6 heteroatoms. The van der Waals surface area contributed by atoms with E-state index >= 15 is 0 Å². The number of nitrogens with one attached hydrogen (secondary N) is 1. The van der Waals surface area contributed by atoms with Crippen LogP contribution < -0.4 is 10.1 Å². The van der Waals surface area contributed by atoms with Crippen LogP contribution >= 0.6 is 22.9 Å². The zero-order valence-electron chi connectivity index (χ0n) is 14.8. The number of halogens is 1. The molecule has 0 bridgehead atoms. The third kappa shape index (κ3) is 4.42. The molecule has 0 saturated carbocycles. The Morgan fingerprint density at radius 2 is 1.81 bits per heavy atom. The number of carbonyl (C=O) groups excluding carboxylic acids is 1. The van der Waals surface area contributed by atoms with Crippen LogP contribution in [0.15, 0.2) is 41.8 Å². The summed E-state index contributed by atoms with van der Waals surface area (Å²) in [6, 6.07) is 11.5. The molecule has 0 fully saturated rings. The number of rotatable bonds is 5. The molecule has 1 amide bonds. The van der Waals surface area contributed by atoms with Crippen LogP contribution in [0.5, 0.6) is 5.75 Å². The van der Waals surface area contributed by atoms with E-state index in [1.807, 2.05) is 62.5 Å². The minimum absolute atomic E-state index is 0.0550. The Hall–Kier alpha value is -2.37. The Balaban J connectivity index is 1.62. The van der Waals surface area contributed by atoms with Gasteiger partial charge in [0.05, 0.1) is 5.69 Å². The molecule has 2 aromatic carbocycles. The maximum Gasteiger partial charge on any atom is 0.264 e. The number of aromatic nitrogens is 1. The minimum Gasteiger partial charge on any atom is -0.483 e. The molecule has 3 aromatic rings. The summed E-state index contributed by atoms with van der Waals surface area (Å²) in [4.78, 5) is 16.6. The van der Waals surface area contributed by atoms with Crippen molar-refractivity contribution in [2.24, 2.45) is 0 Å². The summed E-state index contributed by atoms with van der Waals surface area (Å²) >= 11 is 7.28. The summed E-state index contributed by atoms with van der Waals surface area (Å²) in [6.45, 7) is 5.94. The number of carbonyl (C=O) groups is 1. The van der Waals surface area contributed by atoms with Crippen LogP contribution in [0.3, 0.4) is 0 Å². The fraction of sp³-hybridized carbons (Fsp3) is 0.200. The van der Waals surface area contributed by atoms with Gasteiger partial charge in [-0.05, 0) is 44.0 Å². The van der Waals surface area contributed by atoms with Gasteiger partial charge in [-0.3, -0.25) is 10.1 Å². The monoisotopic (exact) mass is 386 g/mol. The first kappa shape index (κ1) is 18.4. The molecule has 134 valence electrons. The highest BCUT2D eigenvalue weighted by molar-refractivity contribution is 7.14. The predicted molar refractivity (Wildman–Crippen MR) is 107 cm³/mol. The topological polar surface area (TPSA) is 51.2 Å². The number of hydrogen-bond donors (Lipinski definition) is 1. The average Bonchev–Trinajstić information content (AvgIpc) is 3.03. The summed E-state index contributed by atoms with van der Waals surface area (Å²) in [7, 11) is 0. The van der Waals surface area contributed by atoms with Crippen LogP contribution in [0.2, 0.25) is 5.02 Å². The lowest BCUT2D eigenvalue weighted by atomic mass is 10.1. The van der Waals surface area contributed by atoms with Crippen molar-refractivity contribution in [1.82, 2.24) is 4.98 Å². The van der Waals surface area contributed by atoms with Crippen LogP contribution in [0.4, 0.5) is 5.13 Å². The zero-order chi connectivity index (χ0) is 18.7. The Labute approximate surface area is 161 Å². The van der Waals surface area contributed by atoms with E-state index in [9.17, 15) is 4.79 Å². The number of ether oxygens (including phenoxy) is 1. The van der Waals surface area contributed by atoms with Crippen molar-refractivity contribution < 1.29 is 9.53 Å². The largest absolute Gasteiger partial charge is 0.483 e. The quantitative estimate of drug-likeness (QED) is 0.638. The van der Waals surface area contributed by atoms with E-state index in [1.165, 1.54) is 16.9 Å². The van der Waals surface area contributed by atoms with Crippen LogP contribution in [0.1, 0.15) is 16.7 Å². The van der Waals surface area contributed by atoms with Gasteiger partial charge in [0.25, 0.3) is 5.91 Å². The van der Waals surface area contributed by atoms with E-state index in [0.717, 1.165) is 28.1 Å². The lowest BCUT2D eigenvalue weighted by molar-refractivity contribution is -0.118. The SMILES string of the molecule is Cc1cc(C)c(OCC(=O)Nc2nc(-c3ccc(Cl)cc3)cs2)c(C)c1. The highest BCUT2D eigenvalue weighted by atomic mass is 35.5. The maximum absolute atomic E-state index is 12.2. The van der Waals surface area contributed by atoms with Gasteiger partial charge in [0.2, 0.25) is 0 Å². The number of nitrogens with zero attached hydrogens (tertiary/aromatic N) is 1. The van der Waals surface area contributed by atoms with Gasteiger partial charge in [-0.15, -0.1) is 11.3 Å². The van der Waals surface area contributed by atoms with Crippen LogP contribution in [0.25, 0.3) is 11.3 Å². The zero-order valence-corrected chi connectivity index (χ0v) is 16.4. The van der Waals surface area contributed by atoms with E-state index in [0.29, 0.717) is 10.2 Å². The molecule has 0 spiro atoms. The first-order chi connectivity index (χ1) is 12.4. The summed E-state index contributed by atoms with van der Waals surface area (Å²) in [6.07, 6.45) is 0. The average molecular weight is 387 g/mol. The minimum atomic E-state index is -0.235. The molecule has 1 aromatic heterocycles. The molecule has 1 heterocycles. The van der Waals surface area contributed by atoms with Gasteiger partial charge >= 0.3 is 0 Å². The van der Waals surface area contributed by atoms with E-state index in [2.05, 4.69) is 10.3 Å². The second kappa shape index (κ2) is 7.89. The molecule has 0 aliphatic rings. The molecular formula is C20H19ClN2O2S.